The zero-order valence-electron chi connectivity index (χ0n) is 10.4. The van der Waals surface area contributed by atoms with Crippen molar-refractivity contribution >= 4 is 17.2 Å². The molecule has 1 amide bonds. The molecule has 0 spiro atoms. The number of amides is 1. The molecule has 5 nitrogen and oxygen atoms in total. The Kier molecular flexibility index (Phi) is 4.09. The van der Waals surface area contributed by atoms with Crippen molar-refractivity contribution in [2.45, 2.75) is 33.2 Å². The van der Waals surface area contributed by atoms with Crippen molar-refractivity contribution < 1.29 is 9.32 Å². The number of nitrogens with zero attached hydrogens (tertiary/aromatic N) is 2. The standard InChI is InChI=1S/C12H15N3O2S/c1-8-3-4-10(18-8)7-13-11(16)5-6-12-14-9(2)15-17-12/h3-4H,5-7H2,1-2H3,(H,13,16). The highest BCUT2D eigenvalue weighted by Gasteiger charge is 2.07. The molecule has 0 unspecified atom stereocenters. The molecule has 0 atom stereocenters. The number of rotatable bonds is 5. The maximum absolute atomic E-state index is 11.6. The molecule has 0 aromatic carbocycles. The third-order valence-electron chi connectivity index (χ3n) is 2.39. The van der Waals surface area contributed by atoms with Gasteiger partial charge in [0.1, 0.15) is 0 Å². The van der Waals surface area contributed by atoms with Gasteiger partial charge >= 0.3 is 0 Å². The summed E-state index contributed by atoms with van der Waals surface area (Å²) in [6, 6.07) is 4.08. The van der Waals surface area contributed by atoms with E-state index in [-0.39, 0.29) is 5.91 Å². The van der Waals surface area contributed by atoms with Gasteiger partial charge in [-0.25, -0.2) is 0 Å². The zero-order valence-corrected chi connectivity index (χ0v) is 11.2. The Hall–Kier alpha value is -1.69. The van der Waals surface area contributed by atoms with Crippen molar-refractivity contribution in [3.05, 3.63) is 33.6 Å². The van der Waals surface area contributed by atoms with E-state index >= 15 is 0 Å². The average Bonchev–Trinajstić information content (AvgIpc) is 2.93. The van der Waals surface area contributed by atoms with Crippen molar-refractivity contribution in [2.75, 3.05) is 0 Å². The second-order valence-corrected chi connectivity index (χ2v) is 5.40. The molecule has 2 rings (SSSR count). The highest BCUT2D eigenvalue weighted by Crippen LogP contribution is 2.14. The van der Waals surface area contributed by atoms with Gasteiger partial charge in [0.2, 0.25) is 11.8 Å². The number of hydrogen-bond donors (Lipinski definition) is 1. The van der Waals surface area contributed by atoms with E-state index in [2.05, 4.69) is 15.5 Å². The normalized spacial score (nSPS) is 10.6. The number of nitrogens with one attached hydrogen (secondary N) is 1. The van der Waals surface area contributed by atoms with E-state index in [1.807, 2.05) is 19.1 Å². The number of carbonyl (C=O) groups is 1. The molecule has 0 aliphatic carbocycles. The van der Waals surface area contributed by atoms with Crippen LogP contribution in [0.2, 0.25) is 0 Å². The van der Waals surface area contributed by atoms with Crippen LogP contribution < -0.4 is 5.32 Å². The molecule has 2 aromatic heterocycles. The summed E-state index contributed by atoms with van der Waals surface area (Å²) in [7, 11) is 0. The molecular weight excluding hydrogens is 250 g/mol. The molecule has 1 N–H and O–H groups in total. The van der Waals surface area contributed by atoms with E-state index in [4.69, 9.17) is 4.52 Å². The SMILES string of the molecule is Cc1noc(CCC(=O)NCc2ccc(C)s2)n1. The number of hydrogen-bond acceptors (Lipinski definition) is 5. The lowest BCUT2D eigenvalue weighted by atomic mass is 10.3. The van der Waals surface area contributed by atoms with Crippen LogP contribution in [0, 0.1) is 13.8 Å². The highest BCUT2D eigenvalue weighted by atomic mass is 32.1. The Labute approximate surface area is 109 Å². The minimum Gasteiger partial charge on any atom is -0.351 e. The average molecular weight is 265 g/mol. The Morgan fingerprint density at radius 3 is 2.89 bits per heavy atom. The molecule has 96 valence electrons. The Morgan fingerprint density at radius 2 is 2.28 bits per heavy atom. The summed E-state index contributed by atoms with van der Waals surface area (Å²) >= 11 is 1.69. The molecule has 18 heavy (non-hydrogen) atoms. The van der Waals surface area contributed by atoms with Crippen LogP contribution in [0.25, 0.3) is 0 Å². The van der Waals surface area contributed by atoms with Crippen LogP contribution in [0.4, 0.5) is 0 Å². The van der Waals surface area contributed by atoms with Crippen LogP contribution in [-0.4, -0.2) is 16.0 Å². The molecule has 0 bridgehead atoms. The fraction of sp³-hybridized carbons (Fsp3) is 0.417. The summed E-state index contributed by atoms with van der Waals surface area (Å²) in [5.41, 5.74) is 0. The topological polar surface area (TPSA) is 68.0 Å². The first-order chi connectivity index (χ1) is 8.63. The molecule has 2 aromatic rings. The van der Waals surface area contributed by atoms with Gasteiger partial charge in [0.15, 0.2) is 5.82 Å². The van der Waals surface area contributed by atoms with Crippen LogP contribution in [0.5, 0.6) is 0 Å². The van der Waals surface area contributed by atoms with Gasteiger partial charge < -0.3 is 9.84 Å². The molecular formula is C12H15N3O2S. The predicted molar refractivity (Wildman–Crippen MR) is 68.3 cm³/mol. The van der Waals surface area contributed by atoms with Gasteiger partial charge in [-0.1, -0.05) is 5.16 Å². The largest absolute Gasteiger partial charge is 0.351 e. The van der Waals surface area contributed by atoms with Gasteiger partial charge in [0, 0.05) is 22.6 Å². The van der Waals surface area contributed by atoms with Crippen molar-refractivity contribution in [3.8, 4) is 0 Å². The maximum atomic E-state index is 11.6. The summed E-state index contributed by atoms with van der Waals surface area (Å²) < 4.78 is 4.94. The Balaban J connectivity index is 1.72. The minimum absolute atomic E-state index is 0.00286. The van der Waals surface area contributed by atoms with Crippen molar-refractivity contribution in [2.24, 2.45) is 0 Å². The quantitative estimate of drug-likeness (QED) is 0.897. The molecule has 0 saturated heterocycles. The second kappa shape index (κ2) is 5.77. The van der Waals surface area contributed by atoms with Gasteiger partial charge in [0.05, 0.1) is 6.54 Å². The Bertz CT molecular complexity index is 487. The second-order valence-electron chi connectivity index (χ2n) is 4.02. The van der Waals surface area contributed by atoms with E-state index in [0.717, 1.165) is 4.88 Å². The summed E-state index contributed by atoms with van der Waals surface area (Å²) in [4.78, 5) is 18.1. The van der Waals surface area contributed by atoms with E-state index in [9.17, 15) is 4.79 Å². The molecule has 0 saturated carbocycles. The van der Waals surface area contributed by atoms with E-state index in [0.29, 0.717) is 31.1 Å². The van der Waals surface area contributed by atoms with Crippen LogP contribution in [0.3, 0.4) is 0 Å². The van der Waals surface area contributed by atoms with Gasteiger partial charge in [-0.2, -0.15) is 4.98 Å². The fourth-order valence-corrected chi connectivity index (χ4v) is 2.35. The lowest BCUT2D eigenvalue weighted by Gasteiger charge is -2.01. The van der Waals surface area contributed by atoms with Crippen LogP contribution >= 0.6 is 11.3 Å². The van der Waals surface area contributed by atoms with Crippen LogP contribution in [0.15, 0.2) is 16.7 Å². The molecule has 2 heterocycles. The first-order valence-electron chi connectivity index (χ1n) is 5.74. The fourth-order valence-electron chi connectivity index (χ4n) is 1.52. The van der Waals surface area contributed by atoms with Crippen LogP contribution in [0.1, 0.15) is 27.9 Å². The number of carbonyl (C=O) groups excluding carboxylic acids is 1. The highest BCUT2D eigenvalue weighted by molar-refractivity contribution is 7.11. The van der Waals surface area contributed by atoms with E-state index < -0.39 is 0 Å². The summed E-state index contributed by atoms with van der Waals surface area (Å²) in [6.07, 6.45) is 0.849. The summed E-state index contributed by atoms with van der Waals surface area (Å²) in [5.74, 6) is 1.10. The van der Waals surface area contributed by atoms with Gasteiger partial charge in [0.25, 0.3) is 0 Å². The number of thiophene rings is 1. The minimum atomic E-state index is -0.00286. The molecule has 6 heteroatoms. The first kappa shape index (κ1) is 12.8. The third-order valence-corrected chi connectivity index (χ3v) is 3.39. The zero-order chi connectivity index (χ0) is 13.0. The third kappa shape index (κ3) is 3.66. The monoisotopic (exact) mass is 265 g/mol. The van der Waals surface area contributed by atoms with Gasteiger partial charge in [-0.3, -0.25) is 4.79 Å². The summed E-state index contributed by atoms with van der Waals surface area (Å²) in [6.45, 7) is 4.39. The molecule has 0 radical (unpaired) electrons. The first-order valence-corrected chi connectivity index (χ1v) is 6.56. The van der Waals surface area contributed by atoms with Crippen molar-refractivity contribution in [1.29, 1.82) is 0 Å². The maximum Gasteiger partial charge on any atom is 0.227 e. The number of aryl methyl sites for hydroxylation is 3. The van der Waals surface area contributed by atoms with Gasteiger partial charge in [-0.15, -0.1) is 11.3 Å². The lowest BCUT2D eigenvalue weighted by molar-refractivity contribution is -0.121. The smallest absolute Gasteiger partial charge is 0.227 e. The van der Waals surface area contributed by atoms with E-state index in [1.165, 1.54) is 4.88 Å². The van der Waals surface area contributed by atoms with Gasteiger partial charge in [-0.05, 0) is 26.0 Å². The molecule has 0 aliphatic rings. The van der Waals surface area contributed by atoms with Crippen LogP contribution in [-0.2, 0) is 17.8 Å². The predicted octanol–water partition coefficient (Wildman–Crippen LogP) is 2.00. The van der Waals surface area contributed by atoms with E-state index in [1.54, 1.807) is 18.3 Å². The van der Waals surface area contributed by atoms with Crippen molar-refractivity contribution in [1.82, 2.24) is 15.5 Å². The summed E-state index contributed by atoms with van der Waals surface area (Å²) in [5, 5.41) is 6.55. The Morgan fingerprint density at radius 1 is 1.44 bits per heavy atom. The number of aromatic nitrogens is 2. The lowest BCUT2D eigenvalue weighted by Crippen LogP contribution is -2.22. The molecule has 0 fully saturated rings. The van der Waals surface area contributed by atoms with Crippen molar-refractivity contribution in [3.63, 3.8) is 0 Å². The molecule has 0 aliphatic heterocycles.